The molecule has 1 aliphatic rings. The van der Waals surface area contributed by atoms with Gasteiger partial charge in [0.2, 0.25) is 0 Å². The van der Waals surface area contributed by atoms with Gasteiger partial charge < -0.3 is 9.64 Å². The minimum atomic E-state index is 0.0147. The maximum atomic E-state index is 13.6. The molecule has 1 amide bonds. The lowest BCUT2D eigenvalue weighted by Crippen LogP contribution is -2.36. The lowest BCUT2D eigenvalue weighted by molar-refractivity contribution is 0.0985. The normalized spacial score (nSPS) is 13.5. The molecule has 0 fully saturated rings. The minimum Gasteiger partial charge on any atom is -0.494 e. The SMILES string of the molecule is COc1ccc(C)c2sc(N(CCN(C)C)C(=O)c3ccc4c(c3)CCCC4)nc12. The number of likely N-dealkylation sites (N-methyl/N-ethyl adjacent to an activating group) is 1. The Bertz CT molecular complexity index is 1070. The van der Waals surface area contributed by atoms with Gasteiger partial charge in [0, 0.05) is 18.7 Å². The van der Waals surface area contributed by atoms with E-state index in [2.05, 4.69) is 24.0 Å². The van der Waals surface area contributed by atoms with E-state index in [0.717, 1.165) is 51.6 Å². The molecule has 0 unspecified atom stereocenters. The number of rotatable bonds is 6. The molecule has 0 spiro atoms. The fraction of sp³-hybridized carbons (Fsp3) is 0.417. The molecule has 158 valence electrons. The molecule has 4 rings (SSSR count). The monoisotopic (exact) mass is 423 g/mol. The Labute approximate surface area is 182 Å². The number of aromatic nitrogens is 1. The molecule has 1 aliphatic carbocycles. The van der Waals surface area contributed by atoms with Gasteiger partial charge in [0.25, 0.3) is 5.91 Å². The van der Waals surface area contributed by atoms with Crippen LogP contribution in [0.2, 0.25) is 0 Å². The summed E-state index contributed by atoms with van der Waals surface area (Å²) in [6.45, 7) is 3.42. The summed E-state index contributed by atoms with van der Waals surface area (Å²) in [6, 6.07) is 10.2. The third-order valence-electron chi connectivity index (χ3n) is 5.75. The van der Waals surface area contributed by atoms with Gasteiger partial charge in [-0.25, -0.2) is 4.98 Å². The molecule has 0 bridgehead atoms. The van der Waals surface area contributed by atoms with Gasteiger partial charge in [-0.1, -0.05) is 23.5 Å². The first-order chi connectivity index (χ1) is 14.5. The van der Waals surface area contributed by atoms with E-state index >= 15 is 0 Å². The van der Waals surface area contributed by atoms with Crippen LogP contribution in [0.3, 0.4) is 0 Å². The number of nitrogens with zero attached hydrogens (tertiary/aromatic N) is 3. The molecule has 30 heavy (non-hydrogen) atoms. The summed E-state index contributed by atoms with van der Waals surface area (Å²) >= 11 is 1.56. The average Bonchev–Trinajstić information content (AvgIpc) is 3.19. The van der Waals surface area contributed by atoms with Crippen LogP contribution in [0.25, 0.3) is 10.2 Å². The Morgan fingerprint density at radius 1 is 1.10 bits per heavy atom. The lowest BCUT2D eigenvalue weighted by Gasteiger charge is -2.23. The van der Waals surface area contributed by atoms with E-state index in [1.165, 1.54) is 24.0 Å². The van der Waals surface area contributed by atoms with Crippen LogP contribution in [0.1, 0.15) is 39.9 Å². The zero-order valence-electron chi connectivity index (χ0n) is 18.2. The minimum absolute atomic E-state index is 0.0147. The topological polar surface area (TPSA) is 45.7 Å². The van der Waals surface area contributed by atoms with E-state index in [4.69, 9.17) is 9.72 Å². The number of aryl methyl sites for hydroxylation is 3. The molecule has 6 heteroatoms. The lowest BCUT2D eigenvalue weighted by atomic mass is 9.90. The number of hydrogen-bond donors (Lipinski definition) is 0. The van der Waals surface area contributed by atoms with Gasteiger partial charge >= 0.3 is 0 Å². The van der Waals surface area contributed by atoms with Gasteiger partial charge in [-0.15, -0.1) is 0 Å². The second-order valence-electron chi connectivity index (χ2n) is 8.21. The van der Waals surface area contributed by atoms with E-state index in [0.29, 0.717) is 6.54 Å². The highest BCUT2D eigenvalue weighted by atomic mass is 32.1. The number of methoxy groups -OCH3 is 1. The van der Waals surface area contributed by atoms with E-state index in [9.17, 15) is 4.79 Å². The van der Waals surface area contributed by atoms with Crippen molar-refractivity contribution in [3.8, 4) is 5.75 Å². The molecular formula is C24H29N3O2S. The standard InChI is InChI=1S/C24H29N3O2S/c1-16-9-12-20(29-4)21-22(16)30-24(25-21)27(14-13-26(2)3)23(28)19-11-10-17-7-5-6-8-18(17)15-19/h9-12,15H,5-8,13-14H2,1-4H3. The molecule has 0 saturated carbocycles. The van der Waals surface area contributed by atoms with Crippen molar-refractivity contribution in [1.29, 1.82) is 0 Å². The summed E-state index contributed by atoms with van der Waals surface area (Å²) in [5.41, 5.74) is 5.42. The van der Waals surface area contributed by atoms with Crippen LogP contribution < -0.4 is 9.64 Å². The van der Waals surface area contributed by atoms with Crippen LogP contribution in [-0.4, -0.2) is 50.1 Å². The molecule has 3 aromatic rings. The van der Waals surface area contributed by atoms with Crippen LogP contribution in [0.5, 0.6) is 5.75 Å². The quantitative estimate of drug-likeness (QED) is 0.576. The average molecular weight is 424 g/mol. The fourth-order valence-electron chi connectivity index (χ4n) is 3.98. The van der Waals surface area contributed by atoms with Crippen molar-refractivity contribution in [2.24, 2.45) is 0 Å². The Kier molecular flexibility index (Phi) is 6.06. The molecule has 5 nitrogen and oxygen atoms in total. The number of thiazole rings is 1. The highest BCUT2D eigenvalue weighted by Crippen LogP contribution is 2.37. The maximum absolute atomic E-state index is 13.6. The molecule has 0 saturated heterocycles. The number of benzene rings is 2. The summed E-state index contributed by atoms with van der Waals surface area (Å²) < 4.78 is 6.58. The summed E-state index contributed by atoms with van der Waals surface area (Å²) in [6.07, 6.45) is 4.62. The Hall–Kier alpha value is -2.44. The first kappa shape index (κ1) is 20.8. The first-order valence-corrected chi connectivity index (χ1v) is 11.3. The number of amides is 1. The van der Waals surface area contributed by atoms with Crippen molar-refractivity contribution in [3.63, 3.8) is 0 Å². The molecule has 1 aromatic heterocycles. The van der Waals surface area contributed by atoms with Crippen LogP contribution in [0, 0.1) is 6.92 Å². The maximum Gasteiger partial charge on any atom is 0.260 e. The molecular weight excluding hydrogens is 394 g/mol. The van der Waals surface area contributed by atoms with Gasteiger partial charge in [0.05, 0.1) is 11.8 Å². The van der Waals surface area contributed by atoms with E-state index in [-0.39, 0.29) is 5.91 Å². The molecule has 2 aromatic carbocycles. The van der Waals surface area contributed by atoms with E-state index < -0.39 is 0 Å². The molecule has 0 atom stereocenters. The van der Waals surface area contributed by atoms with E-state index in [1.54, 1.807) is 18.4 Å². The highest BCUT2D eigenvalue weighted by Gasteiger charge is 2.24. The molecule has 0 aliphatic heterocycles. The van der Waals surface area contributed by atoms with Crippen molar-refractivity contribution in [2.45, 2.75) is 32.6 Å². The summed E-state index contributed by atoms with van der Waals surface area (Å²) in [4.78, 5) is 22.4. The summed E-state index contributed by atoms with van der Waals surface area (Å²) in [7, 11) is 5.70. The van der Waals surface area contributed by atoms with Gasteiger partial charge in [-0.2, -0.15) is 0 Å². The molecule has 0 N–H and O–H groups in total. The number of hydrogen-bond acceptors (Lipinski definition) is 5. The van der Waals surface area contributed by atoms with Gasteiger partial charge in [0.15, 0.2) is 5.13 Å². The predicted octanol–water partition coefficient (Wildman–Crippen LogP) is 4.70. The van der Waals surface area contributed by atoms with Gasteiger partial charge in [-0.05, 0) is 81.6 Å². The van der Waals surface area contributed by atoms with Crippen molar-refractivity contribution in [2.75, 3.05) is 39.2 Å². The largest absolute Gasteiger partial charge is 0.494 e. The first-order valence-electron chi connectivity index (χ1n) is 10.5. The van der Waals surface area contributed by atoms with Crippen LogP contribution in [0.15, 0.2) is 30.3 Å². The fourth-order valence-corrected chi connectivity index (χ4v) is 5.06. The Balaban J connectivity index is 1.74. The van der Waals surface area contributed by atoms with Crippen LogP contribution >= 0.6 is 11.3 Å². The van der Waals surface area contributed by atoms with Crippen molar-refractivity contribution >= 4 is 32.6 Å². The zero-order valence-corrected chi connectivity index (χ0v) is 19.0. The van der Waals surface area contributed by atoms with Crippen molar-refractivity contribution in [1.82, 2.24) is 9.88 Å². The van der Waals surface area contributed by atoms with Crippen LogP contribution in [0.4, 0.5) is 5.13 Å². The smallest absolute Gasteiger partial charge is 0.260 e. The van der Waals surface area contributed by atoms with Crippen molar-refractivity contribution < 1.29 is 9.53 Å². The van der Waals surface area contributed by atoms with Gasteiger partial charge in [0.1, 0.15) is 11.3 Å². The number of anilines is 1. The number of carbonyl (C=O) groups excluding carboxylic acids is 1. The second-order valence-corrected chi connectivity index (χ2v) is 9.19. The third-order valence-corrected chi connectivity index (χ3v) is 6.97. The predicted molar refractivity (Wildman–Crippen MR) is 124 cm³/mol. The number of carbonyl (C=O) groups is 1. The zero-order chi connectivity index (χ0) is 21.3. The summed E-state index contributed by atoms with van der Waals surface area (Å²) in [5, 5.41) is 0.724. The van der Waals surface area contributed by atoms with Crippen molar-refractivity contribution in [3.05, 3.63) is 52.6 Å². The van der Waals surface area contributed by atoms with Gasteiger partial charge in [-0.3, -0.25) is 9.69 Å². The third kappa shape index (κ3) is 4.07. The molecule has 1 heterocycles. The second kappa shape index (κ2) is 8.74. The van der Waals surface area contributed by atoms with Crippen LogP contribution in [-0.2, 0) is 12.8 Å². The summed E-state index contributed by atoms with van der Waals surface area (Å²) in [5.74, 6) is 0.757. The number of fused-ring (bicyclic) bond motifs is 2. The highest BCUT2D eigenvalue weighted by molar-refractivity contribution is 7.22. The van der Waals surface area contributed by atoms with E-state index in [1.807, 2.05) is 37.2 Å². The Morgan fingerprint density at radius 3 is 2.60 bits per heavy atom. The number of ether oxygens (including phenoxy) is 1. The molecule has 0 radical (unpaired) electrons. The Morgan fingerprint density at radius 2 is 1.87 bits per heavy atom.